The Morgan fingerprint density at radius 3 is 2.50 bits per heavy atom. The Morgan fingerprint density at radius 1 is 1.33 bits per heavy atom. The Kier molecular flexibility index (Phi) is 8.38. The summed E-state index contributed by atoms with van der Waals surface area (Å²) in [6.07, 6.45) is 1.06. The molecule has 1 atom stereocenters. The topological polar surface area (TPSA) is 72.8 Å². The van der Waals surface area contributed by atoms with E-state index in [0.717, 1.165) is 21.7 Å². The van der Waals surface area contributed by atoms with Gasteiger partial charge in [0.2, 0.25) is 5.91 Å². The molecule has 0 aliphatic heterocycles. The molecule has 0 saturated carbocycles. The Hall–Kier alpha value is -1.44. The molecule has 7 heteroatoms. The lowest BCUT2D eigenvalue weighted by atomic mass is 9.75. The molecule has 3 N–H and O–H groups in total. The highest BCUT2D eigenvalue weighted by molar-refractivity contribution is 7.80. The average Bonchev–Trinajstić information content (AvgIpc) is 2.53. The molecule has 132 valence electrons. The van der Waals surface area contributed by atoms with Crippen molar-refractivity contribution >= 4 is 30.2 Å². The molecule has 1 unspecified atom stereocenters. The maximum absolute atomic E-state index is 12.2. The van der Waals surface area contributed by atoms with Crippen LogP contribution in [-0.2, 0) is 11.2 Å². The van der Waals surface area contributed by atoms with Crippen molar-refractivity contribution in [3.05, 3.63) is 34.9 Å². The summed E-state index contributed by atoms with van der Waals surface area (Å²) in [5.41, 5.74) is 3.20. The van der Waals surface area contributed by atoms with Crippen molar-refractivity contribution in [2.24, 2.45) is 0 Å². The van der Waals surface area contributed by atoms with Crippen LogP contribution >= 0.6 is 12.2 Å². The molecular weight excluding hydrogens is 323 g/mol. The Morgan fingerprint density at radius 2 is 2.00 bits per heavy atom. The number of rotatable bonds is 8. The summed E-state index contributed by atoms with van der Waals surface area (Å²) in [6, 6.07) is 5.97. The second-order valence-corrected chi connectivity index (χ2v) is 6.45. The third-order valence-electron chi connectivity index (χ3n) is 4.02. The van der Waals surface area contributed by atoms with Gasteiger partial charge in [-0.15, -0.1) is 0 Å². The van der Waals surface area contributed by atoms with Crippen molar-refractivity contribution < 1.29 is 14.8 Å². The summed E-state index contributed by atoms with van der Waals surface area (Å²) in [7, 11) is -1.62. The number of aryl methyl sites for hydroxylation is 2. The summed E-state index contributed by atoms with van der Waals surface area (Å²) in [6.45, 7) is 8.63. The van der Waals surface area contributed by atoms with E-state index in [4.69, 9.17) is 12.2 Å². The summed E-state index contributed by atoms with van der Waals surface area (Å²) in [5, 5.41) is 21.9. The van der Waals surface area contributed by atoms with Gasteiger partial charge >= 0.3 is 7.12 Å². The number of nitrogens with one attached hydrogen (secondary N) is 1. The van der Waals surface area contributed by atoms with E-state index in [1.807, 2.05) is 50.8 Å². The van der Waals surface area contributed by atoms with Crippen LogP contribution in [0.3, 0.4) is 0 Å². The van der Waals surface area contributed by atoms with E-state index >= 15 is 0 Å². The van der Waals surface area contributed by atoms with Gasteiger partial charge in [0.05, 0.1) is 17.5 Å². The SMILES string of the molecule is CCC(=S)N(CC)CC(=O)NC(Cc1ccc(C)cc1C)B(O)O. The molecule has 0 radical (unpaired) electrons. The fraction of sp³-hybridized carbons (Fsp3) is 0.529. The first kappa shape index (κ1) is 20.6. The van der Waals surface area contributed by atoms with Crippen molar-refractivity contribution in [1.82, 2.24) is 10.2 Å². The first-order valence-corrected chi connectivity index (χ1v) is 8.68. The van der Waals surface area contributed by atoms with E-state index in [-0.39, 0.29) is 12.5 Å². The Labute approximate surface area is 150 Å². The molecule has 0 heterocycles. The quantitative estimate of drug-likeness (QED) is 0.488. The zero-order chi connectivity index (χ0) is 18.3. The first-order valence-electron chi connectivity index (χ1n) is 8.27. The van der Waals surface area contributed by atoms with Gasteiger partial charge in [-0.2, -0.15) is 0 Å². The van der Waals surface area contributed by atoms with E-state index in [9.17, 15) is 14.8 Å². The van der Waals surface area contributed by atoms with E-state index in [1.165, 1.54) is 0 Å². The summed E-state index contributed by atoms with van der Waals surface area (Å²) in [4.78, 5) is 14.8. The second-order valence-electron chi connectivity index (χ2n) is 5.98. The first-order chi connectivity index (χ1) is 11.3. The fourth-order valence-corrected chi connectivity index (χ4v) is 2.76. The predicted octanol–water partition coefficient (Wildman–Crippen LogP) is 1.40. The average molecular weight is 350 g/mol. The summed E-state index contributed by atoms with van der Waals surface area (Å²) < 4.78 is 0. The molecule has 0 saturated heterocycles. The Balaban J connectivity index is 2.75. The van der Waals surface area contributed by atoms with Gasteiger partial charge < -0.3 is 20.3 Å². The molecule has 0 bridgehead atoms. The molecule has 24 heavy (non-hydrogen) atoms. The van der Waals surface area contributed by atoms with Crippen molar-refractivity contribution in [1.29, 1.82) is 0 Å². The molecular formula is C17H27BN2O3S. The largest absolute Gasteiger partial charge is 0.475 e. The molecule has 1 amide bonds. The second kappa shape index (κ2) is 9.76. The highest BCUT2D eigenvalue weighted by atomic mass is 32.1. The zero-order valence-corrected chi connectivity index (χ0v) is 15.7. The normalized spacial score (nSPS) is 11.8. The number of amides is 1. The van der Waals surface area contributed by atoms with E-state index < -0.39 is 13.1 Å². The molecule has 0 fully saturated rings. The van der Waals surface area contributed by atoms with Crippen molar-refractivity contribution in [2.45, 2.75) is 46.5 Å². The summed E-state index contributed by atoms with van der Waals surface area (Å²) in [5.74, 6) is -1.02. The lowest BCUT2D eigenvalue weighted by Crippen LogP contribution is -2.51. The predicted molar refractivity (Wildman–Crippen MR) is 102 cm³/mol. The van der Waals surface area contributed by atoms with Crippen LogP contribution in [0.1, 0.15) is 37.0 Å². The minimum Gasteiger partial charge on any atom is -0.426 e. The number of hydrogen-bond donors (Lipinski definition) is 3. The monoisotopic (exact) mass is 350 g/mol. The van der Waals surface area contributed by atoms with Crippen LogP contribution in [0.2, 0.25) is 0 Å². The molecule has 0 aromatic heterocycles. The van der Waals surface area contributed by atoms with Crippen LogP contribution in [0.4, 0.5) is 0 Å². The molecule has 5 nitrogen and oxygen atoms in total. The third kappa shape index (κ3) is 6.22. The van der Waals surface area contributed by atoms with Gasteiger partial charge in [0.1, 0.15) is 0 Å². The van der Waals surface area contributed by atoms with Gasteiger partial charge in [-0.3, -0.25) is 4.79 Å². The zero-order valence-electron chi connectivity index (χ0n) is 14.9. The minimum absolute atomic E-state index is 0.124. The molecule has 0 aliphatic carbocycles. The van der Waals surface area contributed by atoms with E-state index in [0.29, 0.717) is 19.4 Å². The maximum atomic E-state index is 12.2. The van der Waals surface area contributed by atoms with Gasteiger partial charge in [-0.1, -0.05) is 42.9 Å². The van der Waals surface area contributed by atoms with E-state index in [1.54, 1.807) is 0 Å². The van der Waals surface area contributed by atoms with Crippen molar-refractivity contribution in [3.8, 4) is 0 Å². The molecule has 1 aromatic rings. The van der Waals surface area contributed by atoms with Crippen molar-refractivity contribution in [2.75, 3.05) is 13.1 Å². The van der Waals surface area contributed by atoms with Crippen LogP contribution in [0.15, 0.2) is 18.2 Å². The minimum atomic E-state index is -1.62. The smallest absolute Gasteiger partial charge is 0.426 e. The standard InChI is InChI=1S/C17H27BN2O3S/c1-5-17(24)20(6-2)11-16(21)19-15(18(22)23)10-14-8-7-12(3)9-13(14)4/h7-9,15,22-23H,5-6,10-11H2,1-4H3,(H,19,21). The molecule has 1 aromatic carbocycles. The highest BCUT2D eigenvalue weighted by Crippen LogP contribution is 2.13. The van der Waals surface area contributed by atoms with Gasteiger partial charge in [0, 0.05) is 6.54 Å². The number of nitrogens with zero attached hydrogens (tertiary/aromatic N) is 1. The van der Waals surface area contributed by atoms with Gasteiger partial charge in [-0.05, 0) is 44.7 Å². The number of benzene rings is 1. The van der Waals surface area contributed by atoms with Crippen LogP contribution < -0.4 is 5.32 Å². The van der Waals surface area contributed by atoms with Crippen LogP contribution in [0.5, 0.6) is 0 Å². The van der Waals surface area contributed by atoms with Gasteiger partial charge in [0.15, 0.2) is 0 Å². The number of hydrogen-bond acceptors (Lipinski definition) is 4. The Bertz CT molecular complexity index is 581. The van der Waals surface area contributed by atoms with Gasteiger partial charge in [-0.25, -0.2) is 0 Å². The number of thiocarbonyl (C=S) groups is 1. The summed E-state index contributed by atoms with van der Waals surface area (Å²) >= 11 is 5.24. The lowest BCUT2D eigenvalue weighted by molar-refractivity contribution is -0.121. The fourth-order valence-electron chi connectivity index (χ4n) is 2.57. The number of likely N-dealkylation sites (N-methyl/N-ethyl adjacent to an activating group) is 1. The highest BCUT2D eigenvalue weighted by Gasteiger charge is 2.26. The van der Waals surface area contributed by atoms with Crippen LogP contribution in [-0.4, -0.2) is 52.0 Å². The van der Waals surface area contributed by atoms with Crippen molar-refractivity contribution in [3.63, 3.8) is 0 Å². The van der Waals surface area contributed by atoms with E-state index in [2.05, 4.69) is 5.32 Å². The van der Waals surface area contributed by atoms with Crippen LogP contribution in [0, 0.1) is 13.8 Å². The third-order valence-corrected chi connectivity index (χ3v) is 4.56. The molecule has 0 spiro atoms. The van der Waals surface area contributed by atoms with Crippen LogP contribution in [0.25, 0.3) is 0 Å². The molecule has 1 rings (SSSR count). The molecule has 0 aliphatic rings. The lowest BCUT2D eigenvalue weighted by Gasteiger charge is -2.25. The number of carbonyl (C=O) groups excluding carboxylic acids is 1. The van der Waals surface area contributed by atoms with Gasteiger partial charge in [0.25, 0.3) is 0 Å². The number of carbonyl (C=O) groups is 1. The maximum Gasteiger partial charge on any atom is 0.475 e.